The van der Waals surface area contributed by atoms with E-state index in [-0.39, 0.29) is 0 Å². The van der Waals surface area contributed by atoms with Crippen LogP contribution in [0.4, 0.5) is 0 Å². The lowest BCUT2D eigenvalue weighted by Crippen LogP contribution is -2.34. The van der Waals surface area contributed by atoms with Crippen LogP contribution in [0.1, 0.15) is 0 Å². The number of hydrogen-bond acceptors (Lipinski definition) is 7. The maximum atomic E-state index is 10.5. The van der Waals surface area contributed by atoms with Crippen molar-refractivity contribution in [3.8, 4) is 0 Å². The average Bonchev–Trinajstić information content (AvgIpc) is 1.95. The van der Waals surface area contributed by atoms with Crippen LogP contribution in [-0.4, -0.2) is 38.6 Å². The Balaban J connectivity index is 4.76. The van der Waals surface area contributed by atoms with Crippen LogP contribution in [0.3, 0.4) is 0 Å². The van der Waals surface area contributed by atoms with Crippen LogP contribution in [0.25, 0.3) is 0 Å². The minimum absolute atomic E-state index is 1.16. The van der Waals surface area contributed by atoms with Gasteiger partial charge in [-0.15, -0.1) is 0 Å². The van der Waals surface area contributed by atoms with E-state index in [4.69, 9.17) is 20.0 Å². The summed E-state index contributed by atoms with van der Waals surface area (Å²) in [5, 5.41) is 17.0. The summed E-state index contributed by atoms with van der Waals surface area (Å²) in [6.45, 7) is -1.16. The quantitative estimate of drug-likeness (QED) is 0.364. The highest BCUT2D eigenvalue weighted by molar-refractivity contribution is 7.53. The molecule has 0 heterocycles. The van der Waals surface area contributed by atoms with E-state index in [1.807, 2.05) is 0 Å². The number of aliphatic hydroxyl groups excluding tert-OH is 2. The molecule has 0 aliphatic rings. The first kappa shape index (κ1) is 14.2. The SMILES string of the molecule is O=P([O-])([O-])OC(C(O)CO)P(=O)(O)O. The lowest BCUT2D eigenvalue weighted by Gasteiger charge is -2.34. The van der Waals surface area contributed by atoms with E-state index < -0.39 is 34.0 Å². The molecule has 4 N–H and O–H groups in total. The lowest BCUT2D eigenvalue weighted by atomic mass is 10.4. The molecule has 0 bridgehead atoms. The fourth-order valence-corrected chi connectivity index (χ4v) is 2.36. The van der Waals surface area contributed by atoms with Crippen LogP contribution >= 0.6 is 15.4 Å². The summed E-state index contributed by atoms with van der Waals surface area (Å²) in [6, 6.07) is 0. The van der Waals surface area contributed by atoms with Crippen LogP contribution in [0.15, 0.2) is 0 Å². The molecule has 0 aromatic heterocycles. The van der Waals surface area contributed by atoms with Gasteiger partial charge in [0.1, 0.15) is 6.10 Å². The molecule has 0 saturated heterocycles. The Bertz CT molecular complexity index is 263. The molecule has 0 aromatic carbocycles. The Morgan fingerprint density at radius 3 is 1.93 bits per heavy atom. The second kappa shape index (κ2) is 4.80. The highest BCUT2D eigenvalue weighted by atomic mass is 31.2. The van der Waals surface area contributed by atoms with Crippen molar-refractivity contribution in [2.75, 3.05) is 6.61 Å². The van der Waals surface area contributed by atoms with Crippen molar-refractivity contribution < 1.29 is 43.4 Å². The van der Waals surface area contributed by atoms with Crippen molar-refractivity contribution in [1.82, 2.24) is 0 Å². The van der Waals surface area contributed by atoms with E-state index in [1.165, 1.54) is 0 Å². The zero-order valence-electron chi connectivity index (χ0n) is 6.59. The number of phosphoric ester groups is 1. The van der Waals surface area contributed by atoms with Crippen LogP contribution in [-0.2, 0) is 13.7 Å². The summed E-state index contributed by atoms with van der Waals surface area (Å²) in [4.78, 5) is 37.0. The predicted octanol–water partition coefficient (Wildman–Crippen LogP) is -3.31. The normalized spacial score (nSPS) is 17.9. The van der Waals surface area contributed by atoms with Crippen LogP contribution in [0.5, 0.6) is 0 Å². The van der Waals surface area contributed by atoms with Gasteiger partial charge in [0.05, 0.1) is 14.4 Å². The molecule has 0 amide bonds. The van der Waals surface area contributed by atoms with Gasteiger partial charge in [0, 0.05) is 0 Å². The average molecular weight is 250 g/mol. The number of hydrogen-bond donors (Lipinski definition) is 4. The Kier molecular flexibility index (Phi) is 4.86. The van der Waals surface area contributed by atoms with Gasteiger partial charge in [-0.2, -0.15) is 0 Å². The largest absolute Gasteiger partial charge is 0.790 e. The van der Waals surface area contributed by atoms with E-state index in [0.29, 0.717) is 0 Å². The van der Waals surface area contributed by atoms with Gasteiger partial charge in [-0.3, -0.25) is 4.57 Å². The summed E-state index contributed by atoms with van der Waals surface area (Å²) < 4.78 is 24.0. The first-order chi connectivity index (χ1) is 6.08. The van der Waals surface area contributed by atoms with E-state index in [1.54, 1.807) is 0 Å². The van der Waals surface area contributed by atoms with Crippen molar-refractivity contribution >= 4 is 15.4 Å². The predicted molar refractivity (Wildman–Crippen MR) is 37.6 cm³/mol. The maximum Gasteiger partial charge on any atom is 0.357 e. The zero-order chi connectivity index (χ0) is 11.6. The Labute approximate surface area is 78.4 Å². The van der Waals surface area contributed by atoms with Gasteiger partial charge in [0.15, 0.2) is 5.85 Å². The molecule has 14 heavy (non-hydrogen) atoms. The van der Waals surface area contributed by atoms with Crippen LogP contribution in [0, 0.1) is 0 Å². The first-order valence-electron chi connectivity index (χ1n) is 3.12. The molecule has 0 aliphatic carbocycles. The zero-order valence-corrected chi connectivity index (χ0v) is 8.38. The topological polar surface area (TPSA) is 170 Å². The third kappa shape index (κ3) is 5.16. The Morgan fingerprint density at radius 2 is 1.71 bits per heavy atom. The van der Waals surface area contributed by atoms with Gasteiger partial charge in [-0.25, -0.2) is 0 Å². The summed E-state index contributed by atoms with van der Waals surface area (Å²) >= 11 is 0. The van der Waals surface area contributed by atoms with Crippen LogP contribution in [0.2, 0.25) is 0 Å². The van der Waals surface area contributed by atoms with E-state index >= 15 is 0 Å². The molecule has 0 aromatic rings. The second-order valence-corrected chi connectivity index (χ2v) is 5.07. The molecule has 11 heteroatoms. The van der Waals surface area contributed by atoms with E-state index in [0.717, 1.165) is 0 Å². The molecule has 86 valence electrons. The molecule has 0 spiro atoms. The fourth-order valence-electron chi connectivity index (χ4n) is 0.578. The van der Waals surface area contributed by atoms with Crippen LogP contribution < -0.4 is 9.79 Å². The highest BCUT2D eigenvalue weighted by Crippen LogP contribution is 2.48. The second-order valence-electron chi connectivity index (χ2n) is 2.28. The smallest absolute Gasteiger partial charge is 0.357 e. The molecular weight excluding hydrogens is 242 g/mol. The van der Waals surface area contributed by atoms with Crippen molar-refractivity contribution in [3.05, 3.63) is 0 Å². The molecule has 9 nitrogen and oxygen atoms in total. The van der Waals surface area contributed by atoms with Gasteiger partial charge in [0.2, 0.25) is 0 Å². The van der Waals surface area contributed by atoms with Gasteiger partial charge < -0.3 is 38.9 Å². The number of aliphatic hydroxyl groups is 2. The molecular formula is C3H8O9P2-2. The molecule has 0 fully saturated rings. The summed E-state index contributed by atoms with van der Waals surface area (Å²) in [5.41, 5.74) is 0. The standard InChI is InChI=1S/C3H10O9P2/c4-1-2(5)3(13(6,7)8)12-14(9,10)11/h2-5H,1H2,(H2,6,7,8)(H2,9,10,11)/p-2. The molecule has 0 aliphatic heterocycles. The summed E-state index contributed by atoms with van der Waals surface area (Å²) in [7, 11) is -10.8. The molecule has 2 unspecified atom stereocenters. The molecule has 0 saturated carbocycles. The maximum absolute atomic E-state index is 10.5. The van der Waals surface area contributed by atoms with E-state index in [2.05, 4.69) is 4.52 Å². The van der Waals surface area contributed by atoms with E-state index in [9.17, 15) is 18.9 Å². The highest BCUT2D eigenvalue weighted by Gasteiger charge is 2.37. The fraction of sp³-hybridized carbons (Fsp3) is 1.00. The molecule has 0 radical (unpaired) electrons. The Hall–Kier alpha value is 0.180. The van der Waals surface area contributed by atoms with Crippen molar-refractivity contribution in [3.63, 3.8) is 0 Å². The van der Waals surface area contributed by atoms with Gasteiger partial charge in [-0.05, 0) is 0 Å². The third-order valence-electron chi connectivity index (χ3n) is 1.08. The van der Waals surface area contributed by atoms with Gasteiger partial charge >= 0.3 is 7.60 Å². The molecule has 2 atom stereocenters. The minimum Gasteiger partial charge on any atom is -0.790 e. The summed E-state index contributed by atoms with van der Waals surface area (Å²) in [5.74, 6) is -2.58. The summed E-state index contributed by atoms with van der Waals surface area (Å²) in [6.07, 6.45) is -2.16. The van der Waals surface area contributed by atoms with Gasteiger partial charge in [-0.1, -0.05) is 0 Å². The number of phosphoric acid groups is 1. The molecule has 0 rings (SSSR count). The minimum atomic E-state index is -5.65. The van der Waals surface area contributed by atoms with Crippen molar-refractivity contribution in [1.29, 1.82) is 0 Å². The number of rotatable bonds is 5. The third-order valence-corrected chi connectivity index (χ3v) is 2.85. The Morgan fingerprint density at radius 1 is 1.29 bits per heavy atom. The van der Waals surface area contributed by atoms with Crippen molar-refractivity contribution in [2.45, 2.75) is 11.9 Å². The monoisotopic (exact) mass is 250 g/mol. The van der Waals surface area contributed by atoms with Gasteiger partial charge in [0.25, 0.3) is 0 Å². The lowest BCUT2D eigenvalue weighted by molar-refractivity contribution is -0.344. The first-order valence-corrected chi connectivity index (χ1v) is 6.26. The van der Waals surface area contributed by atoms with Crippen molar-refractivity contribution in [2.24, 2.45) is 0 Å².